The molecule has 26 heavy (non-hydrogen) atoms. The van der Waals surface area contributed by atoms with E-state index in [0.717, 1.165) is 36.9 Å². The first-order valence-corrected chi connectivity index (χ1v) is 8.99. The highest BCUT2D eigenvalue weighted by atomic mass is 32.1. The second kappa shape index (κ2) is 8.14. The van der Waals surface area contributed by atoms with E-state index in [1.165, 1.54) is 12.5 Å². The molecule has 1 aromatic heterocycles. The van der Waals surface area contributed by atoms with E-state index < -0.39 is 5.97 Å². The van der Waals surface area contributed by atoms with E-state index >= 15 is 0 Å². The zero-order valence-electron chi connectivity index (χ0n) is 14.2. The highest BCUT2D eigenvalue weighted by molar-refractivity contribution is 7.80. The summed E-state index contributed by atoms with van der Waals surface area (Å²) < 4.78 is 5.27. The highest BCUT2D eigenvalue weighted by Crippen LogP contribution is 2.25. The Bertz CT molecular complexity index is 807. The molecule has 6 nitrogen and oxygen atoms in total. The Labute approximate surface area is 156 Å². The third-order valence-electron chi connectivity index (χ3n) is 4.46. The average molecular weight is 372 g/mol. The number of anilines is 1. The molecule has 1 amide bonds. The summed E-state index contributed by atoms with van der Waals surface area (Å²) in [6.45, 7) is 0. The van der Waals surface area contributed by atoms with Crippen LogP contribution < -0.4 is 10.6 Å². The molecule has 136 valence electrons. The number of carboxylic acid groups (broad SMARTS) is 1. The van der Waals surface area contributed by atoms with Crippen molar-refractivity contribution in [2.45, 2.75) is 32.1 Å². The molecule has 1 aliphatic carbocycles. The van der Waals surface area contributed by atoms with E-state index in [0.29, 0.717) is 5.76 Å². The number of nitrogens with one attached hydrogen (secondary N) is 2. The summed E-state index contributed by atoms with van der Waals surface area (Å²) in [5, 5.41) is 14.9. The van der Waals surface area contributed by atoms with Crippen LogP contribution in [0.25, 0.3) is 11.3 Å². The van der Waals surface area contributed by atoms with Gasteiger partial charge in [0.25, 0.3) is 0 Å². The molecule has 1 saturated carbocycles. The number of carboxylic acids is 1. The van der Waals surface area contributed by atoms with Crippen LogP contribution in [0.4, 0.5) is 5.69 Å². The maximum atomic E-state index is 12.2. The molecular formula is C19H20N2O4S. The quantitative estimate of drug-likeness (QED) is 0.702. The second-order valence-electron chi connectivity index (χ2n) is 6.32. The number of furan rings is 1. The SMILES string of the molecule is O=C(O)c1ccc(-c2ccc(NC(=S)NC(=O)C3CCCCC3)cc2)o1. The smallest absolute Gasteiger partial charge is 0.371 e. The Morgan fingerprint density at radius 1 is 1.04 bits per heavy atom. The van der Waals surface area contributed by atoms with Crippen molar-refractivity contribution in [3.05, 3.63) is 42.2 Å². The number of thiocarbonyl (C=S) groups is 1. The Morgan fingerprint density at radius 3 is 2.35 bits per heavy atom. The zero-order chi connectivity index (χ0) is 18.5. The van der Waals surface area contributed by atoms with Gasteiger partial charge in [-0.2, -0.15) is 0 Å². The van der Waals surface area contributed by atoms with Crippen LogP contribution in [-0.4, -0.2) is 22.1 Å². The zero-order valence-corrected chi connectivity index (χ0v) is 15.0. The summed E-state index contributed by atoms with van der Waals surface area (Å²) in [5.74, 6) is -0.701. The molecule has 0 spiro atoms. The van der Waals surface area contributed by atoms with E-state index in [1.54, 1.807) is 30.3 Å². The third kappa shape index (κ3) is 4.49. The Balaban J connectivity index is 1.57. The molecule has 0 radical (unpaired) electrons. The third-order valence-corrected chi connectivity index (χ3v) is 4.66. The van der Waals surface area contributed by atoms with Crippen LogP contribution in [0.1, 0.15) is 42.7 Å². The number of hydrogen-bond acceptors (Lipinski definition) is 4. The van der Waals surface area contributed by atoms with E-state index in [-0.39, 0.29) is 22.7 Å². The van der Waals surface area contributed by atoms with Crippen LogP contribution in [-0.2, 0) is 4.79 Å². The first-order chi connectivity index (χ1) is 12.5. The van der Waals surface area contributed by atoms with Gasteiger partial charge in [0.15, 0.2) is 5.11 Å². The van der Waals surface area contributed by atoms with Gasteiger partial charge in [0.1, 0.15) is 5.76 Å². The maximum Gasteiger partial charge on any atom is 0.371 e. The molecule has 1 aliphatic rings. The molecule has 0 bridgehead atoms. The fourth-order valence-electron chi connectivity index (χ4n) is 3.07. The topological polar surface area (TPSA) is 91.6 Å². The number of rotatable bonds is 4. The minimum Gasteiger partial charge on any atom is -0.475 e. The van der Waals surface area contributed by atoms with Gasteiger partial charge < -0.3 is 20.2 Å². The fraction of sp³-hybridized carbons (Fsp3) is 0.316. The minimum atomic E-state index is -1.10. The maximum absolute atomic E-state index is 12.2. The summed E-state index contributed by atoms with van der Waals surface area (Å²) in [5.41, 5.74) is 1.48. The van der Waals surface area contributed by atoms with Crippen molar-refractivity contribution in [1.82, 2.24) is 5.32 Å². The Morgan fingerprint density at radius 2 is 1.73 bits per heavy atom. The van der Waals surface area contributed by atoms with Gasteiger partial charge in [0.05, 0.1) is 0 Å². The van der Waals surface area contributed by atoms with Crippen LogP contribution in [0.3, 0.4) is 0 Å². The number of hydrogen-bond donors (Lipinski definition) is 3. The normalized spacial score (nSPS) is 14.6. The van der Waals surface area contributed by atoms with Gasteiger partial charge in [-0.15, -0.1) is 0 Å². The molecule has 1 aromatic carbocycles. The van der Waals surface area contributed by atoms with Gasteiger partial charge in [-0.05, 0) is 61.5 Å². The van der Waals surface area contributed by atoms with E-state index in [1.807, 2.05) is 0 Å². The van der Waals surface area contributed by atoms with Gasteiger partial charge in [0, 0.05) is 17.2 Å². The monoisotopic (exact) mass is 372 g/mol. The predicted octanol–water partition coefficient (Wildman–Crippen LogP) is 4.04. The van der Waals surface area contributed by atoms with E-state index in [4.69, 9.17) is 21.7 Å². The number of aromatic carboxylic acids is 1. The van der Waals surface area contributed by atoms with Gasteiger partial charge in [-0.25, -0.2) is 4.79 Å². The Hall–Kier alpha value is -2.67. The molecule has 0 saturated heterocycles. The standard InChI is InChI=1S/C19H20N2O4S/c22-17(13-4-2-1-3-5-13)21-19(26)20-14-8-6-12(7-9-14)15-10-11-16(25-15)18(23)24/h6-11,13H,1-5H2,(H,23,24)(H2,20,21,22,26). The lowest BCUT2D eigenvalue weighted by atomic mass is 9.89. The predicted molar refractivity (Wildman–Crippen MR) is 102 cm³/mol. The largest absolute Gasteiger partial charge is 0.475 e. The lowest BCUT2D eigenvalue weighted by molar-refractivity contribution is -0.124. The Kier molecular flexibility index (Phi) is 5.68. The lowest BCUT2D eigenvalue weighted by Crippen LogP contribution is -2.38. The first-order valence-electron chi connectivity index (χ1n) is 8.58. The number of amides is 1. The minimum absolute atomic E-state index is 0.0180. The van der Waals surface area contributed by atoms with Crippen molar-refractivity contribution >= 4 is 34.9 Å². The molecule has 0 aliphatic heterocycles. The average Bonchev–Trinajstić information content (AvgIpc) is 3.13. The summed E-state index contributed by atoms with van der Waals surface area (Å²) in [7, 11) is 0. The van der Waals surface area contributed by atoms with Crippen molar-refractivity contribution in [1.29, 1.82) is 0 Å². The van der Waals surface area contributed by atoms with Crippen molar-refractivity contribution in [2.75, 3.05) is 5.32 Å². The summed E-state index contributed by atoms with van der Waals surface area (Å²) in [4.78, 5) is 23.1. The van der Waals surface area contributed by atoms with Crippen LogP contribution in [0, 0.1) is 5.92 Å². The van der Waals surface area contributed by atoms with Crippen molar-refractivity contribution in [3.63, 3.8) is 0 Å². The second-order valence-corrected chi connectivity index (χ2v) is 6.73. The van der Waals surface area contributed by atoms with Gasteiger partial charge in [-0.1, -0.05) is 19.3 Å². The van der Waals surface area contributed by atoms with E-state index in [9.17, 15) is 9.59 Å². The molecule has 3 N–H and O–H groups in total. The highest BCUT2D eigenvalue weighted by Gasteiger charge is 2.21. The van der Waals surface area contributed by atoms with Crippen molar-refractivity contribution in [2.24, 2.45) is 5.92 Å². The summed E-state index contributed by atoms with van der Waals surface area (Å²) >= 11 is 5.21. The number of carbonyl (C=O) groups is 2. The number of carbonyl (C=O) groups excluding carboxylic acids is 1. The fourth-order valence-corrected chi connectivity index (χ4v) is 3.29. The van der Waals surface area contributed by atoms with Gasteiger partial charge in [-0.3, -0.25) is 4.79 Å². The van der Waals surface area contributed by atoms with E-state index in [2.05, 4.69) is 10.6 Å². The molecule has 1 heterocycles. The summed E-state index contributed by atoms with van der Waals surface area (Å²) in [6.07, 6.45) is 5.23. The molecular weight excluding hydrogens is 352 g/mol. The molecule has 0 atom stereocenters. The number of benzene rings is 1. The van der Waals surface area contributed by atoms with Crippen molar-refractivity contribution in [3.8, 4) is 11.3 Å². The van der Waals surface area contributed by atoms with Crippen LogP contribution in [0.15, 0.2) is 40.8 Å². The first kappa shape index (κ1) is 18.1. The van der Waals surface area contributed by atoms with Crippen LogP contribution in [0.5, 0.6) is 0 Å². The summed E-state index contributed by atoms with van der Waals surface area (Å²) in [6, 6.07) is 10.2. The van der Waals surface area contributed by atoms with Gasteiger partial charge in [0.2, 0.25) is 11.7 Å². The molecule has 7 heteroatoms. The molecule has 0 unspecified atom stereocenters. The van der Waals surface area contributed by atoms with Crippen molar-refractivity contribution < 1.29 is 19.1 Å². The molecule has 1 fully saturated rings. The van der Waals surface area contributed by atoms with Gasteiger partial charge >= 0.3 is 5.97 Å². The molecule has 2 aromatic rings. The molecule has 3 rings (SSSR count). The van der Waals surface area contributed by atoms with Crippen LogP contribution in [0.2, 0.25) is 0 Å². The lowest BCUT2D eigenvalue weighted by Gasteiger charge is -2.21. The van der Waals surface area contributed by atoms with Crippen LogP contribution >= 0.6 is 12.2 Å².